The van der Waals surface area contributed by atoms with Crippen LogP contribution in [0.3, 0.4) is 0 Å². The van der Waals surface area contributed by atoms with Crippen molar-refractivity contribution < 1.29 is 23.9 Å². The van der Waals surface area contributed by atoms with Crippen LogP contribution < -0.4 is 10.6 Å². The third-order valence-electron chi connectivity index (χ3n) is 4.04. The number of esters is 1. The summed E-state index contributed by atoms with van der Waals surface area (Å²) in [7, 11) is 1.24. The molecule has 0 aromatic heterocycles. The van der Waals surface area contributed by atoms with Crippen molar-refractivity contribution >= 4 is 18.0 Å². The number of hydrogen-bond donors (Lipinski definition) is 2. The van der Waals surface area contributed by atoms with Crippen molar-refractivity contribution in [1.29, 1.82) is 0 Å². The zero-order chi connectivity index (χ0) is 20.6. The molecule has 2 amide bonds. The number of methoxy groups -OCH3 is 1. The Morgan fingerprint density at radius 2 is 1.54 bits per heavy atom. The van der Waals surface area contributed by atoms with Crippen molar-refractivity contribution in [2.45, 2.75) is 32.0 Å². The van der Waals surface area contributed by atoms with Crippen molar-refractivity contribution in [3.05, 3.63) is 71.8 Å². The van der Waals surface area contributed by atoms with E-state index in [1.54, 1.807) is 30.3 Å². The maximum absolute atomic E-state index is 12.7. The number of nitrogens with one attached hydrogen (secondary N) is 2. The minimum absolute atomic E-state index is 0.0825. The molecule has 0 aliphatic rings. The Morgan fingerprint density at radius 1 is 0.964 bits per heavy atom. The van der Waals surface area contributed by atoms with Gasteiger partial charge in [-0.1, -0.05) is 60.7 Å². The Balaban J connectivity index is 1.99. The van der Waals surface area contributed by atoms with Crippen LogP contribution in [0.2, 0.25) is 0 Å². The van der Waals surface area contributed by atoms with Crippen LogP contribution in [0, 0.1) is 0 Å². The van der Waals surface area contributed by atoms with E-state index in [4.69, 9.17) is 9.47 Å². The van der Waals surface area contributed by atoms with Crippen molar-refractivity contribution in [2.75, 3.05) is 7.11 Å². The third-order valence-corrected chi connectivity index (χ3v) is 4.04. The molecule has 7 heteroatoms. The Morgan fingerprint density at radius 3 is 2.11 bits per heavy atom. The zero-order valence-corrected chi connectivity index (χ0v) is 16.1. The first kappa shape index (κ1) is 21.0. The van der Waals surface area contributed by atoms with Crippen LogP contribution in [0.4, 0.5) is 4.79 Å². The van der Waals surface area contributed by atoms with E-state index in [9.17, 15) is 14.4 Å². The number of hydrogen-bond acceptors (Lipinski definition) is 5. The molecule has 1 atom stereocenters. The van der Waals surface area contributed by atoms with Gasteiger partial charge in [0, 0.05) is 0 Å². The van der Waals surface area contributed by atoms with Gasteiger partial charge in [0.15, 0.2) is 6.04 Å². The lowest BCUT2D eigenvalue weighted by Crippen LogP contribution is -2.56. The highest BCUT2D eigenvalue weighted by atomic mass is 16.5. The molecule has 0 spiro atoms. The standard InChI is InChI=1S/C21H24N2O5/c1-21(2,23-20(26)28-14-15-10-6-4-7-11-15)19(25)22-17(18(24)27-3)16-12-8-5-9-13-16/h4-13,17H,14H2,1-3H3,(H,22,25)(H,23,26)/t17-/m0/s1. The largest absolute Gasteiger partial charge is 0.467 e. The summed E-state index contributed by atoms with van der Waals surface area (Å²) >= 11 is 0. The molecule has 148 valence electrons. The van der Waals surface area contributed by atoms with Gasteiger partial charge in [0.2, 0.25) is 5.91 Å². The molecule has 0 fully saturated rings. The molecule has 0 saturated heterocycles. The minimum Gasteiger partial charge on any atom is -0.467 e. The second-order valence-corrected chi connectivity index (χ2v) is 6.65. The average molecular weight is 384 g/mol. The maximum Gasteiger partial charge on any atom is 0.408 e. The Kier molecular flexibility index (Phi) is 7.14. The summed E-state index contributed by atoms with van der Waals surface area (Å²) in [6.07, 6.45) is -0.738. The van der Waals surface area contributed by atoms with Crippen LogP contribution in [0.5, 0.6) is 0 Å². The van der Waals surface area contributed by atoms with E-state index >= 15 is 0 Å². The second kappa shape index (κ2) is 9.55. The van der Waals surface area contributed by atoms with E-state index in [0.29, 0.717) is 5.56 Å². The first-order valence-electron chi connectivity index (χ1n) is 8.76. The summed E-state index contributed by atoms with van der Waals surface area (Å²) in [4.78, 5) is 36.9. The summed E-state index contributed by atoms with van der Waals surface area (Å²) in [5.74, 6) is -1.16. The van der Waals surface area contributed by atoms with Gasteiger partial charge < -0.3 is 20.1 Å². The normalized spacial score (nSPS) is 11.8. The Labute approximate surface area is 164 Å². The molecule has 2 N–H and O–H groups in total. The molecule has 0 aliphatic heterocycles. The second-order valence-electron chi connectivity index (χ2n) is 6.65. The molecule has 2 aromatic rings. The monoisotopic (exact) mass is 384 g/mol. The Hall–Kier alpha value is -3.35. The quantitative estimate of drug-likeness (QED) is 0.716. The van der Waals surface area contributed by atoms with Gasteiger partial charge in [-0.25, -0.2) is 9.59 Å². The molecule has 2 aromatic carbocycles. The van der Waals surface area contributed by atoms with Gasteiger partial charge in [-0.2, -0.15) is 0 Å². The van der Waals surface area contributed by atoms with E-state index in [0.717, 1.165) is 5.56 Å². The van der Waals surface area contributed by atoms with Crippen molar-refractivity contribution in [2.24, 2.45) is 0 Å². The number of alkyl carbamates (subject to hydrolysis) is 1. The number of rotatable bonds is 7. The van der Waals surface area contributed by atoms with Gasteiger partial charge in [-0.05, 0) is 25.0 Å². The summed E-state index contributed by atoms with van der Waals surface area (Å²) in [5.41, 5.74) is 0.0920. The highest BCUT2D eigenvalue weighted by Gasteiger charge is 2.34. The van der Waals surface area contributed by atoms with Gasteiger partial charge in [0.25, 0.3) is 0 Å². The topological polar surface area (TPSA) is 93.7 Å². The predicted molar refractivity (Wildman–Crippen MR) is 103 cm³/mol. The van der Waals surface area contributed by atoms with Crippen LogP contribution in [-0.4, -0.2) is 30.6 Å². The summed E-state index contributed by atoms with van der Waals surface area (Å²) in [5, 5.41) is 5.13. The van der Waals surface area contributed by atoms with Crippen molar-refractivity contribution in [1.82, 2.24) is 10.6 Å². The van der Waals surface area contributed by atoms with Crippen molar-refractivity contribution in [3.8, 4) is 0 Å². The smallest absolute Gasteiger partial charge is 0.408 e. The third kappa shape index (κ3) is 5.84. The van der Waals surface area contributed by atoms with Gasteiger partial charge in [-0.3, -0.25) is 4.79 Å². The van der Waals surface area contributed by atoms with Crippen LogP contribution in [0.15, 0.2) is 60.7 Å². The van der Waals surface area contributed by atoms with Gasteiger partial charge in [-0.15, -0.1) is 0 Å². The van der Waals surface area contributed by atoms with Gasteiger partial charge in [0.05, 0.1) is 7.11 Å². The number of ether oxygens (including phenoxy) is 2. The summed E-state index contributed by atoms with van der Waals surface area (Å²) in [6.45, 7) is 3.12. The minimum atomic E-state index is -1.31. The number of amides is 2. The lowest BCUT2D eigenvalue weighted by atomic mass is 10.0. The summed E-state index contributed by atoms with van der Waals surface area (Å²) < 4.78 is 9.93. The van der Waals surface area contributed by atoms with E-state index < -0.39 is 29.6 Å². The molecule has 7 nitrogen and oxygen atoms in total. The predicted octanol–water partition coefficient (Wildman–Crippen LogP) is 2.72. The SMILES string of the molecule is COC(=O)[C@@H](NC(=O)C(C)(C)NC(=O)OCc1ccccc1)c1ccccc1. The Bertz CT molecular complexity index is 806. The molecule has 0 saturated carbocycles. The van der Waals surface area contributed by atoms with Gasteiger partial charge in [0.1, 0.15) is 12.1 Å². The fourth-order valence-corrected chi connectivity index (χ4v) is 2.42. The molecular weight excluding hydrogens is 360 g/mol. The fourth-order valence-electron chi connectivity index (χ4n) is 2.42. The van der Waals surface area contributed by atoms with E-state index in [1.807, 2.05) is 30.3 Å². The fraction of sp³-hybridized carbons (Fsp3) is 0.286. The molecule has 0 heterocycles. The molecule has 0 radical (unpaired) electrons. The van der Waals surface area contributed by atoms with Crippen LogP contribution in [0.25, 0.3) is 0 Å². The molecule has 0 unspecified atom stereocenters. The van der Waals surface area contributed by atoms with Crippen LogP contribution in [-0.2, 0) is 25.7 Å². The molecule has 0 aliphatic carbocycles. The maximum atomic E-state index is 12.7. The van der Waals surface area contributed by atoms with Crippen molar-refractivity contribution in [3.63, 3.8) is 0 Å². The van der Waals surface area contributed by atoms with E-state index in [1.165, 1.54) is 21.0 Å². The highest BCUT2D eigenvalue weighted by molar-refractivity contribution is 5.92. The highest BCUT2D eigenvalue weighted by Crippen LogP contribution is 2.16. The molecule has 0 bridgehead atoms. The average Bonchev–Trinajstić information content (AvgIpc) is 2.70. The molecular formula is C21H24N2O5. The zero-order valence-electron chi connectivity index (χ0n) is 16.1. The lowest BCUT2D eigenvalue weighted by molar-refractivity contribution is -0.146. The van der Waals surface area contributed by atoms with E-state index in [-0.39, 0.29) is 6.61 Å². The first-order valence-corrected chi connectivity index (χ1v) is 8.76. The lowest BCUT2D eigenvalue weighted by Gasteiger charge is -2.27. The molecule has 2 rings (SSSR count). The number of benzene rings is 2. The summed E-state index contributed by atoms with van der Waals surface area (Å²) in [6, 6.07) is 16.9. The van der Waals surface area contributed by atoms with Crippen LogP contribution >= 0.6 is 0 Å². The van der Waals surface area contributed by atoms with Gasteiger partial charge >= 0.3 is 12.1 Å². The number of carbonyl (C=O) groups excluding carboxylic acids is 3. The van der Waals surface area contributed by atoms with E-state index in [2.05, 4.69) is 10.6 Å². The first-order chi connectivity index (χ1) is 13.3. The molecule has 28 heavy (non-hydrogen) atoms. The number of carbonyl (C=O) groups is 3. The van der Waals surface area contributed by atoms with Crippen LogP contribution in [0.1, 0.15) is 31.0 Å².